The zero-order valence-electron chi connectivity index (χ0n) is 9.51. The summed E-state index contributed by atoms with van der Waals surface area (Å²) in [4.78, 5) is 8.71. The van der Waals surface area contributed by atoms with Gasteiger partial charge in [-0.05, 0) is 12.6 Å². The molecule has 0 unspecified atom stereocenters. The van der Waals surface area contributed by atoms with E-state index >= 15 is 0 Å². The largest absolute Gasteiger partial charge is 0.311 e. The van der Waals surface area contributed by atoms with Gasteiger partial charge in [0.05, 0.1) is 17.5 Å². The third kappa shape index (κ3) is 2.43. The molecule has 0 radical (unpaired) electrons. The monoisotopic (exact) mass is 217 g/mol. The molecule has 0 aliphatic carbocycles. The second-order valence-electron chi connectivity index (χ2n) is 3.55. The number of hydrogen-bond acceptors (Lipinski definition) is 4. The van der Waals surface area contributed by atoms with Crippen LogP contribution in [0.1, 0.15) is 12.6 Å². The summed E-state index contributed by atoms with van der Waals surface area (Å²) in [5.41, 5.74) is 1.94. The van der Waals surface area contributed by atoms with E-state index in [1.165, 1.54) is 0 Å². The highest BCUT2D eigenvalue weighted by Gasteiger charge is 2.04. The number of nitrogens with zero attached hydrogens (tertiary/aromatic N) is 4. The van der Waals surface area contributed by atoms with Crippen molar-refractivity contribution >= 4 is 0 Å². The number of rotatable bonds is 4. The van der Waals surface area contributed by atoms with Gasteiger partial charge in [0, 0.05) is 26.0 Å². The molecule has 2 aromatic heterocycles. The molecule has 0 saturated heterocycles. The van der Waals surface area contributed by atoms with Crippen molar-refractivity contribution in [2.24, 2.45) is 7.05 Å². The Kier molecular flexibility index (Phi) is 3.26. The predicted molar refractivity (Wildman–Crippen MR) is 61.6 cm³/mol. The molecule has 0 saturated carbocycles. The molecule has 2 rings (SSSR count). The second kappa shape index (κ2) is 4.85. The Balaban J connectivity index is 2.22. The molecule has 0 aliphatic heterocycles. The number of aromatic nitrogens is 4. The van der Waals surface area contributed by atoms with Crippen LogP contribution in [-0.4, -0.2) is 26.3 Å². The van der Waals surface area contributed by atoms with Crippen molar-refractivity contribution in [3.8, 4) is 11.4 Å². The molecule has 1 N–H and O–H groups in total. The molecular weight excluding hydrogens is 202 g/mol. The summed E-state index contributed by atoms with van der Waals surface area (Å²) in [7, 11) is 1.88. The average molecular weight is 217 g/mol. The minimum atomic E-state index is 0.725. The van der Waals surface area contributed by atoms with E-state index in [0.717, 1.165) is 30.2 Å². The van der Waals surface area contributed by atoms with E-state index in [9.17, 15) is 0 Å². The van der Waals surface area contributed by atoms with Crippen LogP contribution in [0.15, 0.2) is 24.7 Å². The summed E-state index contributed by atoms with van der Waals surface area (Å²) in [6, 6.07) is 1.92. The van der Waals surface area contributed by atoms with E-state index < -0.39 is 0 Å². The van der Waals surface area contributed by atoms with Crippen LogP contribution in [0.4, 0.5) is 0 Å². The van der Waals surface area contributed by atoms with E-state index in [1.807, 2.05) is 19.3 Å². The summed E-state index contributed by atoms with van der Waals surface area (Å²) < 4.78 is 1.75. The van der Waals surface area contributed by atoms with Crippen LogP contribution < -0.4 is 5.32 Å². The summed E-state index contributed by atoms with van der Waals surface area (Å²) >= 11 is 0. The maximum atomic E-state index is 4.47. The second-order valence-corrected chi connectivity index (χ2v) is 3.55. The van der Waals surface area contributed by atoms with Crippen molar-refractivity contribution in [2.75, 3.05) is 6.54 Å². The van der Waals surface area contributed by atoms with Crippen LogP contribution >= 0.6 is 0 Å². The first-order valence-corrected chi connectivity index (χ1v) is 5.31. The van der Waals surface area contributed by atoms with Gasteiger partial charge < -0.3 is 5.32 Å². The Bertz CT molecular complexity index is 463. The van der Waals surface area contributed by atoms with Crippen LogP contribution in [0.3, 0.4) is 0 Å². The van der Waals surface area contributed by atoms with E-state index in [-0.39, 0.29) is 0 Å². The maximum Gasteiger partial charge on any atom is 0.162 e. The van der Waals surface area contributed by atoms with Crippen molar-refractivity contribution < 1.29 is 0 Å². The van der Waals surface area contributed by atoms with Gasteiger partial charge in [0.1, 0.15) is 0 Å². The van der Waals surface area contributed by atoms with Crippen molar-refractivity contribution in [1.29, 1.82) is 0 Å². The van der Waals surface area contributed by atoms with Gasteiger partial charge in [-0.15, -0.1) is 0 Å². The van der Waals surface area contributed by atoms with Crippen LogP contribution in [0, 0.1) is 0 Å². The third-order valence-electron chi connectivity index (χ3n) is 2.23. The minimum absolute atomic E-state index is 0.725. The van der Waals surface area contributed by atoms with Gasteiger partial charge in [-0.3, -0.25) is 4.68 Å². The smallest absolute Gasteiger partial charge is 0.162 e. The summed E-state index contributed by atoms with van der Waals surface area (Å²) in [5.74, 6) is 0.725. The van der Waals surface area contributed by atoms with E-state index in [4.69, 9.17) is 0 Å². The lowest BCUT2D eigenvalue weighted by Crippen LogP contribution is -2.13. The van der Waals surface area contributed by atoms with Gasteiger partial charge in [0.2, 0.25) is 0 Å². The van der Waals surface area contributed by atoms with Crippen molar-refractivity contribution in [2.45, 2.75) is 13.5 Å². The highest BCUT2D eigenvalue weighted by atomic mass is 15.2. The molecule has 0 aliphatic rings. The summed E-state index contributed by atoms with van der Waals surface area (Å²) in [5, 5.41) is 7.34. The highest BCUT2D eigenvalue weighted by molar-refractivity contribution is 5.51. The van der Waals surface area contributed by atoms with Crippen LogP contribution in [0.25, 0.3) is 11.4 Å². The third-order valence-corrected chi connectivity index (χ3v) is 2.23. The maximum absolute atomic E-state index is 4.47. The first-order chi connectivity index (χ1) is 7.79. The molecule has 2 heterocycles. The Morgan fingerprint density at radius 3 is 3.00 bits per heavy atom. The standard InChI is InChI=1S/C11H15N5/c1-3-12-7-10-4-5-13-11(15-10)9-6-14-16(2)8-9/h4-6,8,12H,3,7H2,1-2H3. The lowest BCUT2D eigenvalue weighted by atomic mass is 10.3. The zero-order valence-corrected chi connectivity index (χ0v) is 9.51. The average Bonchev–Trinajstić information content (AvgIpc) is 2.74. The van der Waals surface area contributed by atoms with Crippen LogP contribution in [0.2, 0.25) is 0 Å². The Labute approximate surface area is 94.5 Å². The summed E-state index contributed by atoms with van der Waals surface area (Å²) in [6.07, 6.45) is 5.46. The number of nitrogens with one attached hydrogen (secondary N) is 1. The lowest BCUT2D eigenvalue weighted by molar-refractivity contribution is 0.709. The Morgan fingerprint density at radius 2 is 2.31 bits per heavy atom. The molecule has 0 spiro atoms. The molecular formula is C11H15N5. The first-order valence-electron chi connectivity index (χ1n) is 5.31. The van der Waals surface area contributed by atoms with E-state index in [0.29, 0.717) is 0 Å². The van der Waals surface area contributed by atoms with Gasteiger partial charge in [0.15, 0.2) is 5.82 Å². The van der Waals surface area contributed by atoms with Gasteiger partial charge in [-0.2, -0.15) is 5.10 Å². The van der Waals surface area contributed by atoms with Gasteiger partial charge in [-0.25, -0.2) is 9.97 Å². The SMILES string of the molecule is CCNCc1ccnc(-c2cnn(C)c2)n1. The van der Waals surface area contributed by atoms with Gasteiger partial charge in [-0.1, -0.05) is 6.92 Å². The fraction of sp³-hybridized carbons (Fsp3) is 0.364. The fourth-order valence-electron chi connectivity index (χ4n) is 1.42. The molecule has 0 bridgehead atoms. The van der Waals surface area contributed by atoms with Crippen LogP contribution in [0.5, 0.6) is 0 Å². The Morgan fingerprint density at radius 1 is 1.44 bits per heavy atom. The predicted octanol–water partition coefficient (Wildman–Crippen LogP) is 0.987. The molecule has 0 aromatic carbocycles. The van der Waals surface area contributed by atoms with E-state index in [2.05, 4.69) is 27.3 Å². The highest BCUT2D eigenvalue weighted by Crippen LogP contribution is 2.12. The number of hydrogen-bond donors (Lipinski definition) is 1. The normalized spacial score (nSPS) is 10.6. The molecule has 0 amide bonds. The number of aryl methyl sites for hydroxylation is 1. The van der Waals surface area contributed by atoms with Crippen molar-refractivity contribution in [3.05, 3.63) is 30.4 Å². The van der Waals surface area contributed by atoms with Gasteiger partial charge >= 0.3 is 0 Å². The topological polar surface area (TPSA) is 55.6 Å². The summed E-state index contributed by atoms with van der Waals surface area (Å²) in [6.45, 7) is 3.78. The lowest BCUT2D eigenvalue weighted by Gasteiger charge is -2.02. The van der Waals surface area contributed by atoms with E-state index in [1.54, 1.807) is 17.1 Å². The van der Waals surface area contributed by atoms with Crippen molar-refractivity contribution in [1.82, 2.24) is 25.1 Å². The minimum Gasteiger partial charge on any atom is -0.311 e. The molecule has 5 heteroatoms. The molecule has 84 valence electrons. The Hall–Kier alpha value is -1.75. The first kappa shape index (κ1) is 10.8. The van der Waals surface area contributed by atoms with Crippen LogP contribution in [-0.2, 0) is 13.6 Å². The quantitative estimate of drug-likeness (QED) is 0.829. The fourth-order valence-corrected chi connectivity index (χ4v) is 1.42. The van der Waals surface area contributed by atoms with Gasteiger partial charge in [0.25, 0.3) is 0 Å². The molecule has 5 nitrogen and oxygen atoms in total. The van der Waals surface area contributed by atoms with Crippen molar-refractivity contribution in [3.63, 3.8) is 0 Å². The molecule has 0 fully saturated rings. The molecule has 16 heavy (non-hydrogen) atoms. The molecule has 0 atom stereocenters. The molecule has 2 aromatic rings. The zero-order chi connectivity index (χ0) is 11.4.